The van der Waals surface area contributed by atoms with Crippen molar-refractivity contribution in [1.82, 2.24) is 10.6 Å². The first-order valence-corrected chi connectivity index (χ1v) is 9.22. The Bertz CT molecular complexity index is 1030. The van der Waals surface area contributed by atoms with E-state index in [4.69, 9.17) is 4.42 Å². The van der Waals surface area contributed by atoms with Crippen molar-refractivity contribution in [3.05, 3.63) is 102 Å². The summed E-state index contributed by atoms with van der Waals surface area (Å²) in [6, 6.07) is 19.7. The molecule has 0 spiro atoms. The van der Waals surface area contributed by atoms with E-state index in [1.165, 1.54) is 18.4 Å². The Morgan fingerprint density at radius 1 is 0.933 bits per heavy atom. The smallest absolute Gasteiger partial charge is 0.326 e. The van der Waals surface area contributed by atoms with Crippen LogP contribution in [0.4, 0.5) is 0 Å². The maximum absolute atomic E-state index is 12.9. The number of carbonyl (C=O) groups excluding carboxylic acids is 2. The van der Waals surface area contributed by atoms with Crippen LogP contribution in [-0.4, -0.2) is 28.9 Å². The van der Waals surface area contributed by atoms with Crippen molar-refractivity contribution in [2.45, 2.75) is 12.5 Å². The number of carboxylic acid groups (broad SMARTS) is 1. The van der Waals surface area contributed by atoms with Gasteiger partial charge in [-0.2, -0.15) is 0 Å². The highest BCUT2D eigenvalue weighted by Crippen LogP contribution is 2.09. The van der Waals surface area contributed by atoms with Gasteiger partial charge in [-0.3, -0.25) is 9.59 Å². The highest BCUT2D eigenvalue weighted by atomic mass is 16.4. The number of hydrogen-bond acceptors (Lipinski definition) is 4. The summed E-state index contributed by atoms with van der Waals surface area (Å²) >= 11 is 0. The Labute approximate surface area is 173 Å². The minimum absolute atomic E-state index is 0.0285. The average molecular weight is 404 g/mol. The monoisotopic (exact) mass is 404 g/mol. The van der Waals surface area contributed by atoms with Gasteiger partial charge in [0.05, 0.1) is 6.26 Å². The van der Waals surface area contributed by atoms with E-state index in [0.717, 1.165) is 5.56 Å². The molecule has 0 radical (unpaired) electrons. The number of amides is 2. The zero-order valence-electron chi connectivity index (χ0n) is 15.9. The number of furan rings is 1. The summed E-state index contributed by atoms with van der Waals surface area (Å²) in [5, 5.41) is 14.5. The van der Waals surface area contributed by atoms with Crippen LogP contribution in [0, 0.1) is 0 Å². The quantitative estimate of drug-likeness (QED) is 0.500. The Kier molecular flexibility index (Phi) is 6.78. The molecule has 0 aliphatic carbocycles. The van der Waals surface area contributed by atoms with Crippen molar-refractivity contribution in [3.63, 3.8) is 0 Å². The molecule has 1 heterocycles. The van der Waals surface area contributed by atoms with E-state index in [2.05, 4.69) is 10.6 Å². The van der Waals surface area contributed by atoms with Crippen molar-refractivity contribution < 1.29 is 23.9 Å². The minimum atomic E-state index is -1.18. The third-order valence-corrected chi connectivity index (χ3v) is 4.23. The van der Waals surface area contributed by atoms with Crippen molar-refractivity contribution in [2.75, 3.05) is 0 Å². The van der Waals surface area contributed by atoms with Crippen molar-refractivity contribution in [2.24, 2.45) is 0 Å². The van der Waals surface area contributed by atoms with Crippen LogP contribution in [0.1, 0.15) is 21.7 Å². The second kappa shape index (κ2) is 9.88. The molecule has 0 saturated heterocycles. The molecule has 2 amide bonds. The summed E-state index contributed by atoms with van der Waals surface area (Å²) in [5.41, 5.74) is 1.33. The number of rotatable bonds is 8. The standard InChI is InChI=1S/C23H20N2O5/c26-21(25-19(23(28)29)15-17-10-5-2-6-11-17)18(14-16-8-3-1-4-9-16)24-22(27)20-12-7-13-30-20/h1-14,19H,15H2,(H,24,27)(H,25,26)(H,28,29)/b18-14-/t19-/m0/s1. The van der Waals surface area contributed by atoms with E-state index in [0.29, 0.717) is 5.56 Å². The van der Waals surface area contributed by atoms with Crippen LogP contribution in [0.5, 0.6) is 0 Å². The first kappa shape index (κ1) is 20.6. The minimum Gasteiger partial charge on any atom is -0.480 e. The van der Waals surface area contributed by atoms with Crippen LogP contribution in [0.25, 0.3) is 6.08 Å². The van der Waals surface area contributed by atoms with Gasteiger partial charge in [0.2, 0.25) is 0 Å². The Morgan fingerprint density at radius 3 is 2.20 bits per heavy atom. The molecular weight excluding hydrogens is 384 g/mol. The second-order valence-corrected chi connectivity index (χ2v) is 6.45. The lowest BCUT2D eigenvalue weighted by Crippen LogP contribution is -2.45. The highest BCUT2D eigenvalue weighted by molar-refractivity contribution is 6.05. The molecule has 0 aliphatic heterocycles. The second-order valence-electron chi connectivity index (χ2n) is 6.45. The summed E-state index contributed by atoms with van der Waals surface area (Å²) in [4.78, 5) is 36.9. The van der Waals surface area contributed by atoms with Crippen LogP contribution in [0.15, 0.2) is 89.2 Å². The molecule has 1 aromatic heterocycles. The van der Waals surface area contributed by atoms with Gasteiger partial charge in [0.1, 0.15) is 11.7 Å². The van der Waals surface area contributed by atoms with Gasteiger partial charge >= 0.3 is 5.97 Å². The number of nitrogens with one attached hydrogen (secondary N) is 2. The summed E-state index contributed by atoms with van der Waals surface area (Å²) < 4.78 is 5.06. The molecule has 0 saturated carbocycles. The zero-order valence-corrected chi connectivity index (χ0v) is 15.9. The van der Waals surface area contributed by atoms with Crippen LogP contribution in [0.3, 0.4) is 0 Å². The van der Waals surface area contributed by atoms with Crippen LogP contribution >= 0.6 is 0 Å². The molecule has 7 heteroatoms. The van der Waals surface area contributed by atoms with E-state index in [9.17, 15) is 19.5 Å². The van der Waals surface area contributed by atoms with E-state index >= 15 is 0 Å². The fraction of sp³-hybridized carbons (Fsp3) is 0.0870. The van der Waals surface area contributed by atoms with Gasteiger partial charge < -0.3 is 20.2 Å². The van der Waals surface area contributed by atoms with E-state index in [-0.39, 0.29) is 17.9 Å². The predicted octanol–water partition coefficient (Wildman–Crippen LogP) is 2.86. The van der Waals surface area contributed by atoms with Crippen molar-refractivity contribution >= 4 is 23.9 Å². The molecular formula is C23H20N2O5. The number of hydrogen-bond donors (Lipinski definition) is 3. The lowest BCUT2D eigenvalue weighted by molar-refractivity contribution is -0.141. The average Bonchev–Trinajstić information content (AvgIpc) is 3.29. The molecule has 1 atom stereocenters. The lowest BCUT2D eigenvalue weighted by atomic mass is 10.1. The van der Waals surface area contributed by atoms with Gasteiger partial charge in [0, 0.05) is 6.42 Å². The SMILES string of the molecule is O=C(N[C@@H](Cc1ccccc1)C(=O)O)/C(=C/c1ccccc1)NC(=O)c1ccco1. The number of benzene rings is 2. The summed E-state index contributed by atoms with van der Waals surface area (Å²) in [7, 11) is 0. The first-order valence-electron chi connectivity index (χ1n) is 9.22. The molecule has 0 unspecified atom stereocenters. The fourth-order valence-corrected chi connectivity index (χ4v) is 2.75. The van der Waals surface area contributed by atoms with Gasteiger partial charge in [-0.25, -0.2) is 4.79 Å². The summed E-state index contributed by atoms with van der Waals surface area (Å²) in [6.07, 6.45) is 2.92. The third kappa shape index (κ3) is 5.68. The van der Waals surface area contributed by atoms with Crippen LogP contribution in [-0.2, 0) is 16.0 Å². The molecule has 0 aliphatic rings. The van der Waals surface area contributed by atoms with Crippen LogP contribution < -0.4 is 10.6 Å². The topological polar surface area (TPSA) is 109 Å². The molecule has 3 aromatic rings. The lowest BCUT2D eigenvalue weighted by Gasteiger charge is -2.16. The van der Waals surface area contributed by atoms with Gasteiger partial charge in [-0.1, -0.05) is 60.7 Å². The molecule has 30 heavy (non-hydrogen) atoms. The first-order chi connectivity index (χ1) is 14.5. The normalized spacial score (nSPS) is 12.1. The van der Waals surface area contributed by atoms with Gasteiger partial charge in [0.15, 0.2) is 5.76 Å². The van der Waals surface area contributed by atoms with E-state index in [1.54, 1.807) is 54.6 Å². The van der Waals surface area contributed by atoms with Gasteiger partial charge in [-0.05, 0) is 29.3 Å². The Balaban J connectivity index is 1.82. The maximum atomic E-state index is 12.9. The molecule has 0 bridgehead atoms. The van der Waals surface area contributed by atoms with Crippen LogP contribution in [0.2, 0.25) is 0 Å². The molecule has 2 aromatic carbocycles. The van der Waals surface area contributed by atoms with Gasteiger partial charge in [0.25, 0.3) is 11.8 Å². The fourth-order valence-electron chi connectivity index (χ4n) is 2.75. The molecule has 7 nitrogen and oxygen atoms in total. The van der Waals surface area contributed by atoms with Crippen molar-refractivity contribution in [1.29, 1.82) is 0 Å². The van der Waals surface area contributed by atoms with Crippen molar-refractivity contribution in [3.8, 4) is 0 Å². The largest absolute Gasteiger partial charge is 0.480 e. The van der Waals surface area contributed by atoms with Gasteiger partial charge in [-0.15, -0.1) is 0 Å². The molecule has 3 N–H and O–H groups in total. The molecule has 152 valence electrons. The Morgan fingerprint density at radius 2 is 1.60 bits per heavy atom. The number of aliphatic carboxylic acids is 1. The summed E-state index contributed by atoms with van der Waals surface area (Å²) in [6.45, 7) is 0. The summed E-state index contributed by atoms with van der Waals surface area (Å²) in [5.74, 6) is -2.49. The predicted molar refractivity (Wildman–Crippen MR) is 110 cm³/mol. The maximum Gasteiger partial charge on any atom is 0.326 e. The Hall–Kier alpha value is -4.13. The molecule has 3 rings (SSSR count). The van der Waals surface area contributed by atoms with E-state index in [1.807, 2.05) is 12.1 Å². The highest BCUT2D eigenvalue weighted by Gasteiger charge is 2.24. The molecule has 0 fully saturated rings. The third-order valence-electron chi connectivity index (χ3n) is 4.23. The number of carbonyl (C=O) groups is 3. The number of carboxylic acids is 1. The zero-order chi connectivity index (χ0) is 21.3. The van der Waals surface area contributed by atoms with E-state index < -0.39 is 23.8 Å².